The van der Waals surface area contributed by atoms with Gasteiger partial charge in [-0.15, -0.1) is 0 Å². The van der Waals surface area contributed by atoms with Crippen LogP contribution in [0.25, 0.3) is 11.4 Å². The minimum atomic E-state index is -0.201. The second-order valence-electron chi connectivity index (χ2n) is 3.79. The van der Waals surface area contributed by atoms with Crippen LogP contribution >= 0.6 is 22.6 Å². The summed E-state index contributed by atoms with van der Waals surface area (Å²) in [6.45, 7) is 0. The van der Waals surface area contributed by atoms with Crippen LogP contribution in [-0.4, -0.2) is 31.3 Å². The Bertz CT molecular complexity index is 685. The van der Waals surface area contributed by atoms with Crippen LogP contribution in [0.2, 0.25) is 0 Å². The first kappa shape index (κ1) is 14.6. The molecule has 0 aliphatic carbocycles. The van der Waals surface area contributed by atoms with Gasteiger partial charge in [-0.2, -0.15) is 0 Å². The van der Waals surface area contributed by atoms with Gasteiger partial charge in [0.15, 0.2) is 11.5 Å². The normalized spacial score (nSPS) is 10.2. The van der Waals surface area contributed by atoms with E-state index in [1.807, 2.05) is 22.6 Å². The molecule has 2 rings (SSSR count). The van der Waals surface area contributed by atoms with Crippen molar-refractivity contribution in [1.82, 2.24) is 9.97 Å². The van der Waals surface area contributed by atoms with Crippen molar-refractivity contribution in [2.45, 2.75) is 0 Å². The highest BCUT2D eigenvalue weighted by molar-refractivity contribution is 14.1. The first-order chi connectivity index (χ1) is 9.62. The number of H-pyrrole nitrogens is 1. The number of nitrogens with zero attached hydrogens (tertiary/aromatic N) is 1. The number of methoxy groups -OCH3 is 3. The van der Waals surface area contributed by atoms with E-state index in [4.69, 9.17) is 14.2 Å². The molecule has 0 atom stereocenters. The number of halogens is 1. The largest absolute Gasteiger partial charge is 0.493 e. The lowest BCUT2D eigenvalue weighted by Gasteiger charge is -2.15. The van der Waals surface area contributed by atoms with Crippen molar-refractivity contribution in [3.63, 3.8) is 0 Å². The van der Waals surface area contributed by atoms with Gasteiger partial charge in [0.25, 0.3) is 5.56 Å². The molecule has 20 heavy (non-hydrogen) atoms. The van der Waals surface area contributed by atoms with Gasteiger partial charge in [0, 0.05) is 6.20 Å². The standard InChI is InChI=1S/C13H13IN2O4/c1-18-9-5-4-7(10(19-2)11(9)20-3)12-15-6-8(14)13(17)16-12/h4-6H,1-3H3,(H,15,16,17). The van der Waals surface area contributed by atoms with Crippen molar-refractivity contribution in [3.05, 3.63) is 32.3 Å². The summed E-state index contributed by atoms with van der Waals surface area (Å²) in [5, 5.41) is 0. The Hall–Kier alpha value is -1.77. The molecule has 0 spiro atoms. The lowest BCUT2D eigenvalue weighted by atomic mass is 10.1. The minimum Gasteiger partial charge on any atom is -0.493 e. The third-order valence-corrected chi connectivity index (χ3v) is 3.48. The number of hydrogen-bond donors (Lipinski definition) is 1. The Morgan fingerprint density at radius 1 is 1.10 bits per heavy atom. The van der Waals surface area contributed by atoms with Crippen LogP contribution in [-0.2, 0) is 0 Å². The Morgan fingerprint density at radius 3 is 2.35 bits per heavy atom. The average molecular weight is 388 g/mol. The van der Waals surface area contributed by atoms with Crippen LogP contribution in [0.1, 0.15) is 0 Å². The van der Waals surface area contributed by atoms with Gasteiger partial charge < -0.3 is 19.2 Å². The lowest BCUT2D eigenvalue weighted by molar-refractivity contribution is 0.325. The smallest absolute Gasteiger partial charge is 0.264 e. The SMILES string of the molecule is COc1ccc(-c2ncc(I)c(=O)[nH]2)c(OC)c1OC. The zero-order valence-corrected chi connectivity index (χ0v) is 13.3. The average Bonchev–Trinajstić information content (AvgIpc) is 2.48. The molecule has 1 aromatic heterocycles. The Balaban J connectivity index is 2.67. The molecule has 1 heterocycles. The zero-order valence-electron chi connectivity index (χ0n) is 11.2. The highest BCUT2D eigenvalue weighted by Gasteiger charge is 2.18. The van der Waals surface area contributed by atoms with Crippen LogP contribution in [0.15, 0.2) is 23.1 Å². The van der Waals surface area contributed by atoms with E-state index in [1.54, 1.807) is 19.2 Å². The summed E-state index contributed by atoms with van der Waals surface area (Å²) >= 11 is 1.92. The summed E-state index contributed by atoms with van der Waals surface area (Å²) in [7, 11) is 4.59. The third-order valence-electron chi connectivity index (χ3n) is 2.72. The van der Waals surface area contributed by atoms with Gasteiger partial charge in [-0.25, -0.2) is 4.98 Å². The fraction of sp³-hybridized carbons (Fsp3) is 0.231. The summed E-state index contributed by atoms with van der Waals surface area (Å²) in [5.41, 5.74) is 0.422. The lowest BCUT2D eigenvalue weighted by Crippen LogP contribution is -2.12. The van der Waals surface area contributed by atoms with E-state index in [0.29, 0.717) is 32.2 Å². The van der Waals surface area contributed by atoms with Gasteiger partial charge in [-0.3, -0.25) is 4.79 Å². The van der Waals surface area contributed by atoms with Gasteiger partial charge in [0.1, 0.15) is 5.82 Å². The Kier molecular flexibility index (Phi) is 4.48. The van der Waals surface area contributed by atoms with Crippen molar-refractivity contribution < 1.29 is 14.2 Å². The van der Waals surface area contributed by atoms with Crippen molar-refractivity contribution >= 4 is 22.6 Å². The maximum absolute atomic E-state index is 11.7. The number of ether oxygens (including phenoxy) is 3. The fourth-order valence-corrected chi connectivity index (χ4v) is 2.08. The number of hydrogen-bond acceptors (Lipinski definition) is 5. The minimum absolute atomic E-state index is 0.201. The molecule has 0 fully saturated rings. The van der Waals surface area contributed by atoms with Crippen molar-refractivity contribution in [1.29, 1.82) is 0 Å². The van der Waals surface area contributed by atoms with E-state index < -0.39 is 0 Å². The van der Waals surface area contributed by atoms with E-state index >= 15 is 0 Å². The van der Waals surface area contributed by atoms with Crippen molar-refractivity contribution in [2.75, 3.05) is 21.3 Å². The third kappa shape index (κ3) is 2.58. The van der Waals surface area contributed by atoms with Gasteiger partial charge in [-0.1, -0.05) is 0 Å². The summed E-state index contributed by atoms with van der Waals surface area (Å²) in [6.07, 6.45) is 1.50. The first-order valence-corrected chi connectivity index (χ1v) is 6.74. The molecule has 1 aromatic carbocycles. The predicted octanol–water partition coefficient (Wildman–Crippen LogP) is 2.07. The highest BCUT2D eigenvalue weighted by Crippen LogP contribution is 2.42. The van der Waals surface area contributed by atoms with Crippen LogP contribution in [0, 0.1) is 3.57 Å². The van der Waals surface area contributed by atoms with Gasteiger partial charge >= 0.3 is 0 Å². The Morgan fingerprint density at radius 2 is 1.80 bits per heavy atom. The number of benzene rings is 1. The fourth-order valence-electron chi connectivity index (χ4n) is 1.80. The highest BCUT2D eigenvalue weighted by atomic mass is 127. The monoisotopic (exact) mass is 388 g/mol. The summed E-state index contributed by atoms with van der Waals surface area (Å²) < 4.78 is 16.4. The van der Waals surface area contributed by atoms with Crippen LogP contribution in [0.4, 0.5) is 0 Å². The van der Waals surface area contributed by atoms with Crippen LogP contribution in [0.5, 0.6) is 17.2 Å². The molecule has 106 valence electrons. The van der Waals surface area contributed by atoms with E-state index in [9.17, 15) is 4.79 Å². The molecule has 0 saturated carbocycles. The molecule has 7 heteroatoms. The number of nitrogens with one attached hydrogen (secondary N) is 1. The summed E-state index contributed by atoms with van der Waals surface area (Å²) in [5.74, 6) is 1.86. The molecule has 0 aliphatic rings. The topological polar surface area (TPSA) is 73.4 Å². The van der Waals surface area contributed by atoms with Crippen LogP contribution < -0.4 is 19.8 Å². The second-order valence-corrected chi connectivity index (χ2v) is 4.95. The first-order valence-electron chi connectivity index (χ1n) is 5.66. The molecular formula is C13H13IN2O4. The molecule has 0 bridgehead atoms. The number of aromatic nitrogens is 2. The van der Waals surface area contributed by atoms with E-state index in [0.717, 1.165) is 0 Å². The predicted molar refractivity (Wildman–Crippen MR) is 82.7 cm³/mol. The van der Waals surface area contributed by atoms with E-state index in [1.165, 1.54) is 20.4 Å². The zero-order chi connectivity index (χ0) is 14.7. The molecule has 2 aromatic rings. The molecule has 0 aliphatic heterocycles. The van der Waals surface area contributed by atoms with E-state index in [2.05, 4.69) is 9.97 Å². The molecular weight excluding hydrogens is 375 g/mol. The number of rotatable bonds is 4. The maximum Gasteiger partial charge on any atom is 0.264 e. The Labute approximate surface area is 129 Å². The van der Waals surface area contributed by atoms with Crippen molar-refractivity contribution in [3.8, 4) is 28.6 Å². The maximum atomic E-state index is 11.7. The molecule has 1 N–H and O–H groups in total. The quantitative estimate of drug-likeness (QED) is 0.812. The van der Waals surface area contributed by atoms with Crippen molar-refractivity contribution in [2.24, 2.45) is 0 Å². The molecule has 0 saturated heterocycles. The van der Waals surface area contributed by atoms with Gasteiger partial charge in [0.05, 0.1) is 30.5 Å². The van der Waals surface area contributed by atoms with Gasteiger partial charge in [0.2, 0.25) is 5.75 Å². The van der Waals surface area contributed by atoms with E-state index in [-0.39, 0.29) is 5.56 Å². The van der Waals surface area contributed by atoms with Crippen LogP contribution in [0.3, 0.4) is 0 Å². The number of aromatic amines is 1. The molecule has 0 radical (unpaired) electrons. The second kappa shape index (κ2) is 6.12. The molecule has 6 nitrogen and oxygen atoms in total. The van der Waals surface area contributed by atoms with Gasteiger partial charge in [-0.05, 0) is 34.7 Å². The molecule has 0 unspecified atom stereocenters. The summed E-state index contributed by atoms with van der Waals surface area (Å²) in [6, 6.07) is 3.49. The summed E-state index contributed by atoms with van der Waals surface area (Å²) in [4.78, 5) is 18.6. The molecule has 0 amide bonds.